The van der Waals surface area contributed by atoms with Gasteiger partial charge in [0.2, 0.25) is 11.8 Å². The molecule has 0 saturated carbocycles. The molecule has 2 fully saturated rings. The molecule has 0 radical (unpaired) electrons. The number of benzene rings is 1. The average Bonchev–Trinajstić information content (AvgIpc) is 2.98. The third-order valence-electron chi connectivity index (χ3n) is 5.73. The minimum atomic E-state index is -0.453. The van der Waals surface area contributed by atoms with Gasteiger partial charge >= 0.3 is 0 Å². The highest BCUT2D eigenvalue weighted by Gasteiger charge is 2.44. The Balaban J connectivity index is 1.72. The van der Waals surface area contributed by atoms with Gasteiger partial charge in [-0.1, -0.05) is 17.7 Å². The monoisotopic (exact) mass is 371 g/mol. The van der Waals surface area contributed by atoms with Crippen LogP contribution in [0.1, 0.15) is 38.7 Å². The largest absolute Gasteiger partial charge is 0.343 e. The van der Waals surface area contributed by atoms with E-state index in [0.29, 0.717) is 25.3 Å². The molecule has 2 atom stereocenters. The molecular weight excluding hydrogens is 342 g/mol. The summed E-state index contributed by atoms with van der Waals surface area (Å²) in [5, 5.41) is 0. The maximum Gasteiger partial charge on any atom is 0.251 e. The van der Waals surface area contributed by atoms with Crippen molar-refractivity contribution in [3.05, 3.63) is 29.8 Å². The summed E-state index contributed by atoms with van der Waals surface area (Å²) >= 11 is 0. The molecule has 146 valence electrons. The molecule has 6 nitrogen and oxygen atoms in total. The second kappa shape index (κ2) is 8.21. The van der Waals surface area contributed by atoms with E-state index in [9.17, 15) is 14.4 Å². The Hall–Kier alpha value is -2.21. The van der Waals surface area contributed by atoms with E-state index in [2.05, 4.69) is 0 Å². The first-order valence-corrected chi connectivity index (χ1v) is 9.92. The quantitative estimate of drug-likeness (QED) is 0.745. The third-order valence-corrected chi connectivity index (χ3v) is 5.73. The van der Waals surface area contributed by atoms with Crippen LogP contribution in [0, 0.1) is 12.8 Å². The fourth-order valence-corrected chi connectivity index (χ4v) is 4.15. The summed E-state index contributed by atoms with van der Waals surface area (Å²) in [5.74, 6) is -0.252. The molecule has 2 saturated heterocycles. The van der Waals surface area contributed by atoms with Crippen LogP contribution in [-0.2, 0) is 14.4 Å². The number of aryl methyl sites for hydroxylation is 1. The van der Waals surface area contributed by atoms with Gasteiger partial charge in [-0.2, -0.15) is 0 Å². The zero-order valence-electron chi connectivity index (χ0n) is 16.5. The molecule has 2 aliphatic rings. The molecule has 0 unspecified atom stereocenters. The van der Waals surface area contributed by atoms with Crippen molar-refractivity contribution in [2.75, 3.05) is 31.1 Å². The standard InChI is InChI=1S/C21H29N3O3/c1-4-22(5-2)20(26)16-7-6-12-23(14-16)18-13-19(25)24(21(18)27)17-10-8-15(3)9-11-17/h8-11,16,18H,4-7,12-14H2,1-3H3/t16-,18+/m0/s1. The fraction of sp³-hybridized carbons (Fsp3) is 0.571. The molecule has 2 heterocycles. The number of carbonyl (C=O) groups excluding carboxylic acids is 3. The smallest absolute Gasteiger partial charge is 0.251 e. The van der Waals surface area contributed by atoms with Crippen molar-refractivity contribution in [2.45, 2.75) is 46.1 Å². The van der Waals surface area contributed by atoms with E-state index in [-0.39, 0.29) is 30.1 Å². The number of likely N-dealkylation sites (tertiary alicyclic amines) is 1. The van der Waals surface area contributed by atoms with Gasteiger partial charge in [0.15, 0.2) is 0 Å². The first-order chi connectivity index (χ1) is 13.0. The molecule has 0 N–H and O–H groups in total. The molecule has 27 heavy (non-hydrogen) atoms. The van der Waals surface area contributed by atoms with E-state index in [0.717, 1.165) is 24.9 Å². The first kappa shape index (κ1) is 19.5. The van der Waals surface area contributed by atoms with Crippen molar-refractivity contribution < 1.29 is 14.4 Å². The summed E-state index contributed by atoms with van der Waals surface area (Å²) in [6, 6.07) is 6.99. The summed E-state index contributed by atoms with van der Waals surface area (Å²) in [7, 11) is 0. The van der Waals surface area contributed by atoms with Gasteiger partial charge in [0, 0.05) is 19.6 Å². The molecule has 0 aromatic heterocycles. The Morgan fingerprint density at radius 2 is 1.81 bits per heavy atom. The lowest BCUT2D eigenvalue weighted by atomic mass is 9.95. The Morgan fingerprint density at radius 1 is 1.15 bits per heavy atom. The number of rotatable bonds is 5. The van der Waals surface area contributed by atoms with Gasteiger partial charge in [0.1, 0.15) is 0 Å². The molecule has 3 amide bonds. The Kier molecular flexibility index (Phi) is 5.95. The van der Waals surface area contributed by atoms with E-state index < -0.39 is 6.04 Å². The Bertz CT molecular complexity index is 712. The summed E-state index contributed by atoms with van der Waals surface area (Å²) in [6.07, 6.45) is 1.92. The second-order valence-corrected chi connectivity index (χ2v) is 7.47. The number of amides is 3. The summed E-state index contributed by atoms with van der Waals surface area (Å²) in [5.41, 5.74) is 1.72. The minimum Gasteiger partial charge on any atom is -0.343 e. The van der Waals surface area contributed by atoms with Crippen LogP contribution in [0.4, 0.5) is 5.69 Å². The van der Waals surface area contributed by atoms with Crippen LogP contribution < -0.4 is 4.90 Å². The van der Waals surface area contributed by atoms with Gasteiger partial charge in [-0.15, -0.1) is 0 Å². The SMILES string of the molecule is CCN(CC)C(=O)[C@H]1CCCN([C@@H]2CC(=O)N(c3ccc(C)cc3)C2=O)C1. The second-order valence-electron chi connectivity index (χ2n) is 7.47. The molecule has 0 bridgehead atoms. The van der Waals surface area contributed by atoms with Gasteiger partial charge in [-0.3, -0.25) is 19.3 Å². The summed E-state index contributed by atoms with van der Waals surface area (Å²) in [6.45, 7) is 8.66. The highest BCUT2D eigenvalue weighted by Crippen LogP contribution is 2.29. The van der Waals surface area contributed by atoms with Crippen molar-refractivity contribution in [1.29, 1.82) is 0 Å². The normalized spacial score (nSPS) is 23.7. The number of imide groups is 1. The Labute approximate surface area is 161 Å². The molecule has 1 aromatic carbocycles. The molecular formula is C21H29N3O3. The van der Waals surface area contributed by atoms with Crippen LogP contribution in [0.25, 0.3) is 0 Å². The summed E-state index contributed by atoms with van der Waals surface area (Å²) < 4.78 is 0. The van der Waals surface area contributed by atoms with Crippen LogP contribution >= 0.6 is 0 Å². The lowest BCUT2D eigenvalue weighted by Gasteiger charge is -2.36. The average molecular weight is 371 g/mol. The van der Waals surface area contributed by atoms with Crippen molar-refractivity contribution in [2.24, 2.45) is 5.92 Å². The summed E-state index contributed by atoms with van der Waals surface area (Å²) in [4.78, 5) is 43.5. The predicted octanol–water partition coefficient (Wildman–Crippen LogP) is 2.21. The molecule has 6 heteroatoms. The highest BCUT2D eigenvalue weighted by atomic mass is 16.2. The van der Waals surface area contributed by atoms with Crippen LogP contribution in [0.15, 0.2) is 24.3 Å². The van der Waals surface area contributed by atoms with Crippen LogP contribution in [0.5, 0.6) is 0 Å². The first-order valence-electron chi connectivity index (χ1n) is 9.92. The molecule has 1 aromatic rings. The number of hydrogen-bond donors (Lipinski definition) is 0. The highest BCUT2D eigenvalue weighted by molar-refractivity contribution is 6.22. The number of hydrogen-bond acceptors (Lipinski definition) is 4. The Morgan fingerprint density at radius 3 is 2.44 bits per heavy atom. The van der Waals surface area contributed by atoms with Crippen LogP contribution in [-0.4, -0.2) is 59.7 Å². The number of anilines is 1. The minimum absolute atomic E-state index is 0.0880. The molecule has 3 rings (SSSR count). The zero-order chi connectivity index (χ0) is 19.6. The maximum absolute atomic E-state index is 13.0. The van der Waals surface area contributed by atoms with E-state index in [1.54, 1.807) is 0 Å². The van der Waals surface area contributed by atoms with E-state index in [1.165, 1.54) is 4.90 Å². The van der Waals surface area contributed by atoms with E-state index in [4.69, 9.17) is 0 Å². The zero-order valence-corrected chi connectivity index (χ0v) is 16.5. The topological polar surface area (TPSA) is 60.9 Å². The van der Waals surface area contributed by atoms with E-state index in [1.807, 2.05) is 54.8 Å². The third kappa shape index (κ3) is 3.90. The van der Waals surface area contributed by atoms with Crippen molar-refractivity contribution in [3.8, 4) is 0 Å². The van der Waals surface area contributed by atoms with Crippen LogP contribution in [0.3, 0.4) is 0 Å². The molecule has 2 aliphatic heterocycles. The molecule has 0 spiro atoms. The lowest BCUT2D eigenvalue weighted by Crippen LogP contribution is -2.50. The maximum atomic E-state index is 13.0. The van der Waals surface area contributed by atoms with Gasteiger partial charge in [-0.05, 0) is 52.3 Å². The van der Waals surface area contributed by atoms with Gasteiger partial charge in [0.05, 0.1) is 24.1 Å². The van der Waals surface area contributed by atoms with Crippen molar-refractivity contribution in [1.82, 2.24) is 9.80 Å². The number of piperidine rings is 1. The fourth-order valence-electron chi connectivity index (χ4n) is 4.15. The van der Waals surface area contributed by atoms with Gasteiger partial charge in [-0.25, -0.2) is 4.90 Å². The number of carbonyl (C=O) groups is 3. The lowest BCUT2D eigenvalue weighted by molar-refractivity contribution is -0.138. The van der Waals surface area contributed by atoms with Crippen molar-refractivity contribution in [3.63, 3.8) is 0 Å². The van der Waals surface area contributed by atoms with Crippen LogP contribution in [0.2, 0.25) is 0 Å². The predicted molar refractivity (Wildman–Crippen MR) is 104 cm³/mol. The van der Waals surface area contributed by atoms with Gasteiger partial charge in [0.25, 0.3) is 5.91 Å². The van der Waals surface area contributed by atoms with E-state index >= 15 is 0 Å². The van der Waals surface area contributed by atoms with Gasteiger partial charge < -0.3 is 4.90 Å². The number of nitrogens with zero attached hydrogens (tertiary/aromatic N) is 3. The van der Waals surface area contributed by atoms with Crippen molar-refractivity contribution >= 4 is 23.4 Å². The molecule has 0 aliphatic carbocycles.